The standard InChI is InChI=1S/C31H43NO2.C5H12/c1-18(2)27-25-26(24-22(32-27)16-30(7,8)17-23(24)33)31(15-9-10-19(31)3)34-28(25)20-11-13-21(14-12-20)29(4,5)6;1-4-5(2)3/h11-14,18-19,23,28,33H,9-10,15-17H2,1-8H3;5H,4H2,1-3H3. The van der Waals surface area contributed by atoms with Crippen molar-refractivity contribution in [3.8, 4) is 0 Å². The largest absolute Gasteiger partial charge is 0.388 e. The maximum atomic E-state index is 11.5. The van der Waals surface area contributed by atoms with E-state index in [4.69, 9.17) is 9.72 Å². The molecule has 5 rings (SSSR count). The van der Waals surface area contributed by atoms with Crippen LogP contribution in [0.4, 0.5) is 0 Å². The second-order valence-corrected chi connectivity index (χ2v) is 15.2. The summed E-state index contributed by atoms with van der Waals surface area (Å²) in [4.78, 5) is 5.30. The molecule has 1 spiro atoms. The first kappa shape index (κ1) is 30.3. The van der Waals surface area contributed by atoms with Gasteiger partial charge in [-0.25, -0.2) is 0 Å². The van der Waals surface area contributed by atoms with Crippen molar-refractivity contribution in [2.45, 2.75) is 144 Å². The molecular formula is C36H55NO2. The van der Waals surface area contributed by atoms with Crippen LogP contribution in [-0.2, 0) is 22.2 Å². The van der Waals surface area contributed by atoms with Gasteiger partial charge in [-0.15, -0.1) is 0 Å². The Labute approximate surface area is 239 Å². The summed E-state index contributed by atoms with van der Waals surface area (Å²) in [5.41, 5.74) is 8.33. The molecule has 2 aromatic rings. The smallest absolute Gasteiger partial charge is 0.111 e. The highest BCUT2D eigenvalue weighted by atomic mass is 16.5. The van der Waals surface area contributed by atoms with Gasteiger partial charge in [-0.05, 0) is 77.4 Å². The van der Waals surface area contributed by atoms with Gasteiger partial charge in [0.2, 0.25) is 0 Å². The maximum Gasteiger partial charge on any atom is 0.111 e. The fraction of sp³-hybridized carbons (Fsp3) is 0.694. The molecule has 3 heteroatoms. The van der Waals surface area contributed by atoms with Crippen LogP contribution in [0, 0.1) is 17.3 Å². The third kappa shape index (κ3) is 5.73. The predicted molar refractivity (Wildman–Crippen MR) is 163 cm³/mol. The number of fused-ring (bicyclic) bond motifs is 4. The van der Waals surface area contributed by atoms with Gasteiger partial charge in [0.1, 0.15) is 6.10 Å². The Morgan fingerprint density at radius 3 is 2.15 bits per heavy atom. The molecule has 4 atom stereocenters. The van der Waals surface area contributed by atoms with E-state index < -0.39 is 6.10 Å². The summed E-state index contributed by atoms with van der Waals surface area (Å²) in [7, 11) is 0. The first-order valence-corrected chi connectivity index (χ1v) is 15.6. The Balaban J connectivity index is 0.000000648. The van der Waals surface area contributed by atoms with Gasteiger partial charge in [0.25, 0.3) is 0 Å². The van der Waals surface area contributed by atoms with E-state index >= 15 is 0 Å². The fourth-order valence-corrected chi connectivity index (χ4v) is 6.91. The minimum absolute atomic E-state index is 0.0536. The van der Waals surface area contributed by atoms with Gasteiger partial charge in [0, 0.05) is 22.5 Å². The number of rotatable bonds is 3. The molecule has 216 valence electrons. The van der Waals surface area contributed by atoms with Crippen LogP contribution in [-0.4, -0.2) is 10.1 Å². The summed E-state index contributed by atoms with van der Waals surface area (Å²) >= 11 is 0. The maximum absolute atomic E-state index is 11.5. The first-order valence-electron chi connectivity index (χ1n) is 15.6. The Morgan fingerprint density at radius 1 is 1.05 bits per heavy atom. The van der Waals surface area contributed by atoms with Gasteiger partial charge in [-0.3, -0.25) is 4.98 Å². The van der Waals surface area contributed by atoms with E-state index in [-0.39, 0.29) is 22.5 Å². The molecule has 1 aliphatic heterocycles. The highest BCUT2D eigenvalue weighted by Gasteiger charge is 2.55. The molecular weight excluding hydrogens is 478 g/mol. The normalized spacial score (nSPS) is 27.5. The third-order valence-corrected chi connectivity index (χ3v) is 9.54. The van der Waals surface area contributed by atoms with Crippen LogP contribution in [0.15, 0.2) is 24.3 Å². The van der Waals surface area contributed by atoms with Gasteiger partial charge >= 0.3 is 0 Å². The van der Waals surface area contributed by atoms with Crippen LogP contribution in [0.25, 0.3) is 0 Å². The molecule has 1 aromatic carbocycles. The number of aromatic nitrogens is 1. The molecule has 0 saturated heterocycles. The lowest BCUT2D eigenvalue weighted by Gasteiger charge is -2.39. The van der Waals surface area contributed by atoms with Crippen molar-refractivity contribution in [3.05, 3.63) is 63.5 Å². The van der Waals surface area contributed by atoms with E-state index in [0.717, 1.165) is 36.4 Å². The zero-order chi connectivity index (χ0) is 28.9. The Morgan fingerprint density at radius 2 is 1.67 bits per heavy atom. The highest BCUT2D eigenvalue weighted by molar-refractivity contribution is 5.55. The Kier molecular flexibility index (Phi) is 8.48. The van der Waals surface area contributed by atoms with Gasteiger partial charge < -0.3 is 9.84 Å². The van der Waals surface area contributed by atoms with Crippen molar-refractivity contribution in [2.75, 3.05) is 0 Å². The first-order chi connectivity index (χ1) is 18.1. The van der Waals surface area contributed by atoms with E-state index in [1.165, 1.54) is 47.2 Å². The summed E-state index contributed by atoms with van der Waals surface area (Å²) in [5.74, 6) is 1.61. The number of aliphatic hydroxyl groups is 1. The number of benzene rings is 1. The van der Waals surface area contributed by atoms with Gasteiger partial charge in [0.15, 0.2) is 0 Å². The van der Waals surface area contributed by atoms with Crippen molar-refractivity contribution in [3.63, 3.8) is 0 Å². The topological polar surface area (TPSA) is 42.4 Å². The summed E-state index contributed by atoms with van der Waals surface area (Å²) in [6, 6.07) is 9.05. The lowest BCUT2D eigenvalue weighted by molar-refractivity contribution is -0.0842. The molecule has 1 N–H and O–H groups in total. The van der Waals surface area contributed by atoms with Crippen LogP contribution < -0.4 is 0 Å². The van der Waals surface area contributed by atoms with Crippen LogP contribution in [0.2, 0.25) is 0 Å². The van der Waals surface area contributed by atoms with Crippen molar-refractivity contribution in [1.29, 1.82) is 0 Å². The zero-order valence-electron chi connectivity index (χ0n) is 26.7. The molecule has 39 heavy (non-hydrogen) atoms. The van der Waals surface area contributed by atoms with Gasteiger partial charge in [-0.1, -0.05) is 107 Å². The van der Waals surface area contributed by atoms with Crippen molar-refractivity contribution < 1.29 is 9.84 Å². The molecule has 2 heterocycles. The van der Waals surface area contributed by atoms with Crippen LogP contribution >= 0.6 is 0 Å². The van der Waals surface area contributed by atoms with Crippen LogP contribution in [0.3, 0.4) is 0 Å². The number of nitrogens with zero attached hydrogens (tertiary/aromatic N) is 1. The summed E-state index contributed by atoms with van der Waals surface area (Å²) in [5, 5.41) is 11.5. The number of aliphatic hydroxyl groups excluding tert-OH is 1. The summed E-state index contributed by atoms with van der Waals surface area (Å²) in [6.07, 6.45) is 5.78. The molecule has 3 aliphatic rings. The number of pyridine rings is 1. The lowest BCUT2D eigenvalue weighted by atomic mass is 9.69. The molecule has 4 unspecified atom stereocenters. The minimum Gasteiger partial charge on any atom is -0.388 e. The van der Waals surface area contributed by atoms with E-state index in [1.807, 2.05) is 0 Å². The second kappa shape index (κ2) is 10.9. The Hall–Kier alpha value is -1.71. The average Bonchev–Trinajstić information content (AvgIpc) is 3.38. The monoisotopic (exact) mass is 533 g/mol. The van der Waals surface area contributed by atoms with Crippen LogP contribution in [0.5, 0.6) is 0 Å². The van der Waals surface area contributed by atoms with E-state index in [2.05, 4.69) is 100 Å². The SMILES string of the molecule is CC(C)c1nc2c(c3c1C(c1ccc(C(C)(C)C)cc1)OC31CCCC1C)C(O)CC(C)(C)C2.CCC(C)C. The number of ether oxygens (including phenoxy) is 1. The molecule has 1 saturated carbocycles. The van der Waals surface area contributed by atoms with E-state index in [1.54, 1.807) is 0 Å². The molecule has 1 fully saturated rings. The van der Waals surface area contributed by atoms with Crippen molar-refractivity contribution in [2.24, 2.45) is 17.3 Å². The second-order valence-electron chi connectivity index (χ2n) is 15.2. The predicted octanol–water partition coefficient (Wildman–Crippen LogP) is 9.70. The summed E-state index contributed by atoms with van der Waals surface area (Å²) < 4.78 is 7.21. The molecule has 2 aliphatic carbocycles. The number of hydrogen-bond donors (Lipinski definition) is 1. The lowest BCUT2D eigenvalue weighted by Crippen LogP contribution is -2.34. The van der Waals surface area contributed by atoms with Crippen molar-refractivity contribution >= 4 is 0 Å². The zero-order valence-corrected chi connectivity index (χ0v) is 26.7. The van der Waals surface area contributed by atoms with Gasteiger partial charge in [-0.2, -0.15) is 0 Å². The average molecular weight is 534 g/mol. The molecule has 1 aromatic heterocycles. The van der Waals surface area contributed by atoms with Crippen molar-refractivity contribution in [1.82, 2.24) is 4.98 Å². The van der Waals surface area contributed by atoms with Gasteiger partial charge in [0.05, 0.1) is 11.7 Å². The molecule has 3 nitrogen and oxygen atoms in total. The highest BCUT2D eigenvalue weighted by Crippen LogP contribution is 2.61. The van der Waals surface area contributed by atoms with E-state index in [0.29, 0.717) is 11.8 Å². The number of hydrogen-bond acceptors (Lipinski definition) is 3. The van der Waals surface area contributed by atoms with Crippen LogP contribution in [0.1, 0.15) is 166 Å². The molecule has 0 radical (unpaired) electrons. The quantitative estimate of drug-likeness (QED) is 0.427. The third-order valence-electron chi connectivity index (χ3n) is 9.54. The minimum atomic E-state index is -0.475. The molecule has 0 bridgehead atoms. The molecule has 0 amide bonds. The summed E-state index contributed by atoms with van der Waals surface area (Å²) in [6.45, 7) is 24.8. The fourth-order valence-electron chi connectivity index (χ4n) is 6.91. The van der Waals surface area contributed by atoms with E-state index in [9.17, 15) is 5.11 Å². The Bertz CT molecular complexity index is 1150.